The quantitative estimate of drug-likeness (QED) is 0.817. The van der Waals surface area contributed by atoms with Crippen molar-refractivity contribution in [1.82, 2.24) is 10.2 Å². The average molecular weight is 264 g/mol. The van der Waals surface area contributed by atoms with Crippen LogP contribution < -0.4 is 5.32 Å². The third-order valence-electron chi connectivity index (χ3n) is 3.01. The second-order valence-corrected chi connectivity index (χ2v) is 4.23. The van der Waals surface area contributed by atoms with E-state index in [9.17, 15) is 18.8 Å². The van der Waals surface area contributed by atoms with Crippen LogP contribution in [0.2, 0.25) is 0 Å². The maximum atomic E-state index is 12.8. The van der Waals surface area contributed by atoms with Crippen LogP contribution in [0.4, 0.5) is 4.39 Å². The first kappa shape index (κ1) is 13.2. The number of likely N-dealkylation sites (N-methyl/N-ethyl adjacent to an activating group) is 1. The van der Waals surface area contributed by atoms with Gasteiger partial charge in [-0.1, -0.05) is 0 Å². The fraction of sp³-hybridized carbons (Fsp3) is 0.308. The first-order valence-corrected chi connectivity index (χ1v) is 5.93. The Labute approximate surface area is 109 Å². The maximum Gasteiger partial charge on any atom is 0.254 e. The Kier molecular flexibility index (Phi) is 3.59. The monoisotopic (exact) mass is 264 g/mol. The highest BCUT2D eigenvalue weighted by Crippen LogP contribution is 2.15. The first-order chi connectivity index (χ1) is 9.02. The van der Waals surface area contributed by atoms with E-state index in [1.165, 1.54) is 29.2 Å². The van der Waals surface area contributed by atoms with Crippen molar-refractivity contribution >= 4 is 17.7 Å². The molecule has 1 N–H and O–H groups in total. The Balaban J connectivity index is 2.22. The van der Waals surface area contributed by atoms with Crippen molar-refractivity contribution in [3.8, 4) is 0 Å². The number of rotatable bonds is 3. The van der Waals surface area contributed by atoms with E-state index in [2.05, 4.69) is 5.32 Å². The minimum absolute atomic E-state index is 0.0282. The molecule has 1 aromatic rings. The van der Waals surface area contributed by atoms with E-state index in [1.807, 2.05) is 0 Å². The number of imide groups is 1. The summed E-state index contributed by atoms with van der Waals surface area (Å²) in [5, 5.41) is 2.17. The second kappa shape index (κ2) is 5.17. The molecule has 0 spiro atoms. The van der Waals surface area contributed by atoms with Gasteiger partial charge >= 0.3 is 0 Å². The van der Waals surface area contributed by atoms with Gasteiger partial charge in [-0.15, -0.1) is 0 Å². The van der Waals surface area contributed by atoms with E-state index in [1.54, 1.807) is 6.92 Å². The zero-order chi connectivity index (χ0) is 14.0. The number of halogens is 1. The Morgan fingerprint density at radius 1 is 1.37 bits per heavy atom. The molecule has 6 heteroatoms. The summed E-state index contributed by atoms with van der Waals surface area (Å²) in [5.74, 6) is -1.69. The molecule has 0 aromatic heterocycles. The summed E-state index contributed by atoms with van der Waals surface area (Å²) in [7, 11) is 0. The van der Waals surface area contributed by atoms with Crippen molar-refractivity contribution < 1.29 is 18.8 Å². The lowest BCUT2D eigenvalue weighted by atomic mass is 10.1. The van der Waals surface area contributed by atoms with Crippen LogP contribution in [0.15, 0.2) is 24.3 Å². The molecule has 1 aromatic carbocycles. The van der Waals surface area contributed by atoms with Crippen LogP contribution in [0.1, 0.15) is 23.7 Å². The zero-order valence-corrected chi connectivity index (χ0v) is 10.4. The number of benzene rings is 1. The summed E-state index contributed by atoms with van der Waals surface area (Å²) in [4.78, 5) is 36.3. The molecule has 3 amide bonds. The van der Waals surface area contributed by atoms with Crippen LogP contribution in [-0.4, -0.2) is 35.2 Å². The van der Waals surface area contributed by atoms with E-state index in [0.717, 1.165) is 0 Å². The molecule has 5 nitrogen and oxygen atoms in total. The zero-order valence-electron chi connectivity index (χ0n) is 10.4. The van der Waals surface area contributed by atoms with Gasteiger partial charge in [0.1, 0.15) is 11.9 Å². The van der Waals surface area contributed by atoms with Crippen LogP contribution in [-0.2, 0) is 9.59 Å². The van der Waals surface area contributed by atoms with Crippen LogP contribution >= 0.6 is 0 Å². The van der Waals surface area contributed by atoms with Crippen LogP contribution in [0.5, 0.6) is 0 Å². The molecule has 1 unspecified atom stereocenters. The largest absolute Gasteiger partial charge is 0.326 e. The predicted molar refractivity (Wildman–Crippen MR) is 64.7 cm³/mol. The molecule has 0 saturated carbocycles. The Morgan fingerprint density at radius 2 is 2.00 bits per heavy atom. The molecule has 1 atom stereocenters. The first-order valence-electron chi connectivity index (χ1n) is 5.93. The van der Waals surface area contributed by atoms with E-state index in [-0.39, 0.29) is 17.9 Å². The fourth-order valence-electron chi connectivity index (χ4n) is 2.06. The Morgan fingerprint density at radius 3 is 2.47 bits per heavy atom. The van der Waals surface area contributed by atoms with Crippen LogP contribution in [0.25, 0.3) is 0 Å². The van der Waals surface area contributed by atoms with Gasteiger partial charge in [-0.2, -0.15) is 0 Å². The number of carbonyl (C=O) groups is 3. The molecule has 100 valence electrons. The predicted octanol–water partition coefficient (Wildman–Crippen LogP) is 0.703. The van der Waals surface area contributed by atoms with Gasteiger partial charge in [-0.25, -0.2) is 4.39 Å². The number of nitrogens with zero attached hydrogens (tertiary/aromatic N) is 1. The maximum absolute atomic E-state index is 12.8. The summed E-state index contributed by atoms with van der Waals surface area (Å²) in [6.07, 6.45) is -0.0282. The topological polar surface area (TPSA) is 66.5 Å². The molecule has 0 bridgehead atoms. The van der Waals surface area contributed by atoms with Gasteiger partial charge in [0.15, 0.2) is 0 Å². The van der Waals surface area contributed by atoms with Crippen molar-refractivity contribution in [3.05, 3.63) is 35.6 Å². The molecule has 2 rings (SSSR count). The lowest BCUT2D eigenvalue weighted by Gasteiger charge is -2.25. The van der Waals surface area contributed by atoms with E-state index < -0.39 is 23.7 Å². The third-order valence-corrected chi connectivity index (χ3v) is 3.01. The lowest BCUT2D eigenvalue weighted by Crippen LogP contribution is -2.44. The fourth-order valence-corrected chi connectivity index (χ4v) is 2.06. The number of nitrogens with one attached hydrogen (secondary N) is 1. The number of amides is 3. The van der Waals surface area contributed by atoms with Gasteiger partial charge in [-0.3, -0.25) is 19.7 Å². The molecular formula is C13H13FN2O3. The van der Waals surface area contributed by atoms with Crippen LogP contribution in [0.3, 0.4) is 0 Å². The van der Waals surface area contributed by atoms with E-state index in [0.29, 0.717) is 6.54 Å². The molecular weight excluding hydrogens is 251 g/mol. The normalized spacial score (nSPS) is 18.3. The summed E-state index contributed by atoms with van der Waals surface area (Å²) in [6.45, 7) is 2.01. The van der Waals surface area contributed by atoms with E-state index in [4.69, 9.17) is 0 Å². The van der Waals surface area contributed by atoms with Crippen LogP contribution in [0, 0.1) is 5.82 Å². The molecule has 1 heterocycles. The highest BCUT2D eigenvalue weighted by Gasteiger charge is 2.37. The summed E-state index contributed by atoms with van der Waals surface area (Å²) in [5.41, 5.74) is 0.287. The molecule has 1 fully saturated rings. The second-order valence-electron chi connectivity index (χ2n) is 4.23. The summed E-state index contributed by atoms with van der Waals surface area (Å²) in [6, 6.07) is 4.29. The molecule has 1 saturated heterocycles. The van der Waals surface area contributed by atoms with Gasteiger partial charge in [0.25, 0.3) is 5.91 Å². The highest BCUT2D eigenvalue weighted by molar-refractivity contribution is 6.08. The SMILES string of the molecule is CCN(C(=O)c1ccc(F)cc1)C1CC(=O)NC1=O. The minimum Gasteiger partial charge on any atom is -0.326 e. The smallest absolute Gasteiger partial charge is 0.254 e. The minimum atomic E-state index is -0.782. The van der Waals surface area contributed by atoms with Gasteiger partial charge in [0.2, 0.25) is 11.8 Å². The van der Waals surface area contributed by atoms with Crippen molar-refractivity contribution in [2.75, 3.05) is 6.54 Å². The molecule has 1 aliphatic rings. The van der Waals surface area contributed by atoms with Crippen molar-refractivity contribution in [3.63, 3.8) is 0 Å². The van der Waals surface area contributed by atoms with Gasteiger partial charge in [0.05, 0.1) is 6.42 Å². The molecule has 1 aliphatic heterocycles. The third kappa shape index (κ3) is 2.62. The summed E-state index contributed by atoms with van der Waals surface area (Å²) < 4.78 is 12.8. The molecule has 19 heavy (non-hydrogen) atoms. The van der Waals surface area contributed by atoms with E-state index >= 15 is 0 Å². The van der Waals surface area contributed by atoms with Gasteiger partial charge in [-0.05, 0) is 31.2 Å². The van der Waals surface area contributed by atoms with Gasteiger partial charge in [0, 0.05) is 12.1 Å². The van der Waals surface area contributed by atoms with Crippen molar-refractivity contribution in [2.45, 2.75) is 19.4 Å². The number of hydrogen-bond donors (Lipinski definition) is 1. The van der Waals surface area contributed by atoms with Crippen molar-refractivity contribution in [2.24, 2.45) is 0 Å². The lowest BCUT2D eigenvalue weighted by molar-refractivity contribution is -0.126. The Hall–Kier alpha value is -2.24. The Bertz CT molecular complexity index is 527. The average Bonchev–Trinajstić information content (AvgIpc) is 2.70. The highest BCUT2D eigenvalue weighted by atomic mass is 19.1. The summed E-state index contributed by atoms with van der Waals surface area (Å²) >= 11 is 0. The standard InChI is InChI=1S/C13H13FN2O3/c1-2-16(10-7-11(17)15-12(10)18)13(19)8-3-5-9(14)6-4-8/h3-6,10H,2,7H2,1H3,(H,15,17,18). The molecule has 0 radical (unpaired) electrons. The molecule has 0 aliphatic carbocycles. The number of carbonyl (C=O) groups excluding carboxylic acids is 3. The van der Waals surface area contributed by atoms with Crippen molar-refractivity contribution in [1.29, 1.82) is 0 Å². The number of hydrogen-bond acceptors (Lipinski definition) is 3. The van der Waals surface area contributed by atoms with Gasteiger partial charge < -0.3 is 4.90 Å².